The highest BCUT2D eigenvalue weighted by atomic mass is 16.5. The summed E-state index contributed by atoms with van der Waals surface area (Å²) in [7, 11) is 2.18. The lowest BCUT2D eigenvalue weighted by Crippen LogP contribution is -2.27. The molecule has 0 saturated carbocycles. The summed E-state index contributed by atoms with van der Waals surface area (Å²) in [6, 6.07) is 0. The Morgan fingerprint density at radius 2 is 1.81 bits per heavy atom. The maximum absolute atomic E-state index is 5.63. The Kier molecular flexibility index (Phi) is 10.0. The van der Waals surface area contributed by atoms with Gasteiger partial charge in [0.05, 0.1) is 6.61 Å². The molecule has 0 spiro atoms. The highest BCUT2D eigenvalue weighted by molar-refractivity contribution is 4.57. The molecule has 16 heavy (non-hydrogen) atoms. The van der Waals surface area contributed by atoms with Gasteiger partial charge in [-0.1, -0.05) is 34.1 Å². The molecule has 0 saturated heterocycles. The van der Waals surface area contributed by atoms with E-state index in [1.165, 1.54) is 25.8 Å². The summed E-state index contributed by atoms with van der Waals surface area (Å²) in [5, 5.41) is 0. The number of ether oxygens (including phenoxy) is 1. The molecule has 0 aromatic carbocycles. The topological polar surface area (TPSA) is 12.5 Å². The van der Waals surface area contributed by atoms with E-state index in [2.05, 4.69) is 39.6 Å². The molecule has 98 valence electrons. The quantitative estimate of drug-likeness (QED) is 0.532. The van der Waals surface area contributed by atoms with E-state index in [4.69, 9.17) is 4.74 Å². The van der Waals surface area contributed by atoms with E-state index in [1.807, 2.05) is 0 Å². The fourth-order valence-corrected chi connectivity index (χ4v) is 1.67. The fraction of sp³-hybridized carbons (Fsp3) is 1.00. The van der Waals surface area contributed by atoms with Crippen molar-refractivity contribution in [3.8, 4) is 0 Å². The number of nitrogens with zero attached hydrogens (tertiary/aromatic N) is 1. The molecule has 2 nitrogen and oxygen atoms in total. The van der Waals surface area contributed by atoms with E-state index >= 15 is 0 Å². The Morgan fingerprint density at radius 1 is 1.12 bits per heavy atom. The zero-order chi connectivity index (χ0) is 12.4. The number of rotatable bonds is 10. The van der Waals surface area contributed by atoms with Crippen LogP contribution in [0.5, 0.6) is 0 Å². The SMILES string of the molecule is CCC(C)CN(C)CCOCCCC(C)C. The summed E-state index contributed by atoms with van der Waals surface area (Å²) >= 11 is 0. The third-order valence-corrected chi connectivity index (χ3v) is 3.01. The van der Waals surface area contributed by atoms with Gasteiger partial charge in [0.1, 0.15) is 0 Å². The molecule has 0 bridgehead atoms. The zero-order valence-electron chi connectivity index (χ0n) is 12.0. The second-order valence-corrected chi connectivity index (χ2v) is 5.42. The summed E-state index contributed by atoms with van der Waals surface area (Å²) < 4.78 is 5.63. The Bertz CT molecular complexity index is 148. The van der Waals surface area contributed by atoms with Gasteiger partial charge in [0, 0.05) is 19.7 Å². The average molecular weight is 229 g/mol. The lowest BCUT2D eigenvalue weighted by atomic mass is 10.1. The normalized spacial score (nSPS) is 13.7. The third-order valence-electron chi connectivity index (χ3n) is 3.01. The molecule has 0 heterocycles. The van der Waals surface area contributed by atoms with E-state index in [0.29, 0.717) is 0 Å². The lowest BCUT2D eigenvalue weighted by Gasteiger charge is -2.20. The molecular formula is C14H31NO. The van der Waals surface area contributed by atoms with Crippen molar-refractivity contribution in [3.63, 3.8) is 0 Å². The van der Waals surface area contributed by atoms with Crippen LogP contribution in [0.3, 0.4) is 0 Å². The molecule has 1 atom stereocenters. The highest BCUT2D eigenvalue weighted by Gasteiger charge is 2.03. The Hall–Kier alpha value is -0.0800. The molecule has 0 N–H and O–H groups in total. The van der Waals surface area contributed by atoms with Crippen LogP contribution in [0, 0.1) is 11.8 Å². The maximum Gasteiger partial charge on any atom is 0.0593 e. The minimum absolute atomic E-state index is 0.797. The van der Waals surface area contributed by atoms with E-state index in [-0.39, 0.29) is 0 Å². The molecule has 0 aliphatic rings. The third kappa shape index (κ3) is 10.4. The van der Waals surface area contributed by atoms with Crippen molar-refractivity contribution in [1.29, 1.82) is 0 Å². The van der Waals surface area contributed by atoms with Crippen molar-refractivity contribution in [3.05, 3.63) is 0 Å². The van der Waals surface area contributed by atoms with Crippen LogP contribution < -0.4 is 0 Å². The van der Waals surface area contributed by atoms with Gasteiger partial charge in [-0.15, -0.1) is 0 Å². The van der Waals surface area contributed by atoms with Crippen LogP contribution in [0.2, 0.25) is 0 Å². The summed E-state index contributed by atoms with van der Waals surface area (Å²) in [5.74, 6) is 1.60. The standard InChI is InChI=1S/C14H31NO/c1-6-14(4)12-15(5)9-11-16-10-7-8-13(2)3/h13-14H,6-12H2,1-5H3. The molecule has 1 unspecified atom stereocenters. The Labute approximate surface area is 102 Å². The van der Waals surface area contributed by atoms with Crippen molar-refractivity contribution < 1.29 is 4.74 Å². The Morgan fingerprint density at radius 3 is 2.38 bits per heavy atom. The van der Waals surface area contributed by atoms with Crippen LogP contribution in [0.4, 0.5) is 0 Å². The molecule has 0 amide bonds. The first-order valence-corrected chi connectivity index (χ1v) is 6.82. The molecule has 0 aromatic heterocycles. The fourth-order valence-electron chi connectivity index (χ4n) is 1.67. The lowest BCUT2D eigenvalue weighted by molar-refractivity contribution is 0.103. The van der Waals surface area contributed by atoms with Gasteiger partial charge in [-0.3, -0.25) is 0 Å². The number of likely N-dealkylation sites (N-methyl/N-ethyl adjacent to an activating group) is 1. The van der Waals surface area contributed by atoms with Crippen LogP contribution in [0.1, 0.15) is 47.0 Å². The van der Waals surface area contributed by atoms with E-state index in [0.717, 1.165) is 31.6 Å². The predicted molar refractivity (Wildman–Crippen MR) is 71.8 cm³/mol. The molecule has 0 aliphatic carbocycles. The van der Waals surface area contributed by atoms with Gasteiger partial charge in [0.2, 0.25) is 0 Å². The molecule has 0 radical (unpaired) electrons. The maximum atomic E-state index is 5.63. The average Bonchev–Trinajstić information content (AvgIpc) is 2.22. The summed E-state index contributed by atoms with van der Waals surface area (Å²) in [4.78, 5) is 2.37. The largest absolute Gasteiger partial charge is 0.380 e. The molecule has 0 aliphatic heterocycles. The van der Waals surface area contributed by atoms with Crippen molar-refractivity contribution in [1.82, 2.24) is 4.90 Å². The van der Waals surface area contributed by atoms with Crippen LogP contribution in [0.15, 0.2) is 0 Å². The van der Waals surface area contributed by atoms with Crippen LogP contribution in [-0.2, 0) is 4.74 Å². The smallest absolute Gasteiger partial charge is 0.0593 e. The van der Waals surface area contributed by atoms with Gasteiger partial charge in [0.25, 0.3) is 0 Å². The number of hydrogen-bond donors (Lipinski definition) is 0. The molecule has 0 aromatic rings. The first-order valence-electron chi connectivity index (χ1n) is 6.82. The van der Waals surface area contributed by atoms with E-state index < -0.39 is 0 Å². The van der Waals surface area contributed by atoms with Gasteiger partial charge in [-0.25, -0.2) is 0 Å². The minimum atomic E-state index is 0.797. The van der Waals surface area contributed by atoms with Gasteiger partial charge >= 0.3 is 0 Å². The number of hydrogen-bond acceptors (Lipinski definition) is 2. The predicted octanol–water partition coefficient (Wildman–Crippen LogP) is 3.42. The van der Waals surface area contributed by atoms with Gasteiger partial charge in [-0.05, 0) is 31.7 Å². The first kappa shape index (κ1) is 15.9. The summed E-state index contributed by atoms with van der Waals surface area (Å²) in [6.07, 6.45) is 3.75. The zero-order valence-corrected chi connectivity index (χ0v) is 12.0. The highest BCUT2D eigenvalue weighted by Crippen LogP contribution is 2.04. The van der Waals surface area contributed by atoms with Crippen LogP contribution >= 0.6 is 0 Å². The van der Waals surface area contributed by atoms with Gasteiger partial charge in [0.15, 0.2) is 0 Å². The second kappa shape index (κ2) is 10.1. The molecule has 0 fully saturated rings. The van der Waals surface area contributed by atoms with E-state index in [9.17, 15) is 0 Å². The van der Waals surface area contributed by atoms with Crippen LogP contribution in [-0.4, -0.2) is 38.3 Å². The monoisotopic (exact) mass is 229 g/mol. The minimum Gasteiger partial charge on any atom is -0.380 e. The van der Waals surface area contributed by atoms with Crippen molar-refractivity contribution >= 4 is 0 Å². The molecule has 2 heteroatoms. The summed E-state index contributed by atoms with van der Waals surface area (Å²) in [6.45, 7) is 13.1. The van der Waals surface area contributed by atoms with Crippen molar-refractivity contribution in [2.75, 3.05) is 33.4 Å². The summed E-state index contributed by atoms with van der Waals surface area (Å²) in [5.41, 5.74) is 0. The van der Waals surface area contributed by atoms with Crippen LogP contribution in [0.25, 0.3) is 0 Å². The van der Waals surface area contributed by atoms with Crippen molar-refractivity contribution in [2.45, 2.75) is 47.0 Å². The van der Waals surface area contributed by atoms with Gasteiger partial charge < -0.3 is 9.64 Å². The molecular weight excluding hydrogens is 198 g/mol. The Balaban J connectivity index is 3.24. The second-order valence-electron chi connectivity index (χ2n) is 5.42. The van der Waals surface area contributed by atoms with Crippen molar-refractivity contribution in [2.24, 2.45) is 11.8 Å². The van der Waals surface area contributed by atoms with Gasteiger partial charge in [-0.2, -0.15) is 0 Å². The first-order chi connectivity index (χ1) is 7.56. The van der Waals surface area contributed by atoms with E-state index in [1.54, 1.807) is 0 Å². The molecule has 0 rings (SSSR count).